The summed E-state index contributed by atoms with van der Waals surface area (Å²) in [6.45, 7) is 6.75. The van der Waals surface area contributed by atoms with Crippen LogP contribution in [-0.4, -0.2) is 63.5 Å². The van der Waals surface area contributed by atoms with Crippen LogP contribution in [0.1, 0.15) is 82.8 Å². The highest BCUT2D eigenvalue weighted by atomic mass is 16.5. The highest BCUT2D eigenvalue weighted by Crippen LogP contribution is 2.33. The first-order valence-corrected chi connectivity index (χ1v) is 14.2. The number of ether oxygens (including phenoxy) is 2. The number of amides is 2. The fourth-order valence-electron chi connectivity index (χ4n) is 5.74. The Labute approximate surface area is 213 Å². The molecule has 2 aliphatic rings. The zero-order valence-corrected chi connectivity index (χ0v) is 22.2. The van der Waals surface area contributed by atoms with Crippen molar-refractivity contribution in [2.75, 3.05) is 46.5 Å². The van der Waals surface area contributed by atoms with Crippen molar-refractivity contribution < 1.29 is 14.3 Å². The van der Waals surface area contributed by atoms with Gasteiger partial charge in [-0.2, -0.15) is 0 Å². The van der Waals surface area contributed by atoms with Gasteiger partial charge in [0.1, 0.15) is 0 Å². The van der Waals surface area contributed by atoms with Gasteiger partial charge in [0.25, 0.3) is 0 Å². The summed E-state index contributed by atoms with van der Waals surface area (Å²) in [4.78, 5) is 15.3. The zero-order valence-electron chi connectivity index (χ0n) is 22.2. The molecule has 1 aliphatic heterocycles. The van der Waals surface area contributed by atoms with Gasteiger partial charge in [0.05, 0.1) is 6.10 Å². The van der Waals surface area contributed by atoms with E-state index in [1.807, 2.05) is 18.0 Å². The largest absolute Gasteiger partial charge is 0.381 e. The predicted octanol–water partition coefficient (Wildman–Crippen LogP) is 5.54. The third kappa shape index (κ3) is 9.74. The molecule has 1 saturated carbocycles. The Morgan fingerprint density at radius 3 is 2.60 bits per heavy atom. The van der Waals surface area contributed by atoms with Crippen molar-refractivity contribution in [3.63, 3.8) is 0 Å². The number of likely N-dealkylation sites (N-methyl/N-ethyl adjacent to an activating group) is 1. The lowest BCUT2D eigenvalue weighted by atomic mass is 9.85. The minimum atomic E-state index is 0.00770. The molecular formula is C29H49N3O3. The summed E-state index contributed by atoms with van der Waals surface area (Å²) in [6.07, 6.45) is 11.8. The van der Waals surface area contributed by atoms with Crippen molar-refractivity contribution in [3.8, 4) is 0 Å². The number of nitrogens with zero attached hydrogens (tertiary/aromatic N) is 1. The molecule has 2 N–H and O–H groups in total. The minimum absolute atomic E-state index is 0.00770. The van der Waals surface area contributed by atoms with Crippen molar-refractivity contribution in [2.24, 2.45) is 11.8 Å². The van der Waals surface area contributed by atoms with E-state index in [9.17, 15) is 4.79 Å². The van der Waals surface area contributed by atoms with E-state index in [4.69, 9.17) is 9.47 Å². The molecule has 0 radical (unpaired) electrons. The molecule has 198 valence electrons. The maximum absolute atomic E-state index is 13.3. The number of rotatable bonds is 14. The number of likely N-dealkylation sites (tertiary alicyclic amines) is 1. The lowest BCUT2D eigenvalue weighted by Crippen LogP contribution is -2.52. The van der Waals surface area contributed by atoms with E-state index in [1.54, 1.807) is 0 Å². The highest BCUT2D eigenvalue weighted by Gasteiger charge is 2.32. The number of hydrogen-bond acceptors (Lipinski definition) is 4. The molecule has 0 aromatic heterocycles. The summed E-state index contributed by atoms with van der Waals surface area (Å²) in [6, 6.07) is 10.8. The van der Waals surface area contributed by atoms with Crippen molar-refractivity contribution >= 4 is 6.03 Å². The highest BCUT2D eigenvalue weighted by molar-refractivity contribution is 5.74. The van der Waals surface area contributed by atoms with E-state index < -0.39 is 0 Å². The van der Waals surface area contributed by atoms with Gasteiger partial charge in [0.2, 0.25) is 0 Å². The monoisotopic (exact) mass is 487 g/mol. The van der Waals surface area contributed by atoms with Crippen LogP contribution in [0.3, 0.4) is 0 Å². The SMILES string of the molecule is CCCOCCCOC(c1ccccc1)[C@@H]1CCCN(C(=O)N[C@H](CNC)CC2CCCCC2)C1. The number of carbonyl (C=O) groups is 1. The molecule has 1 unspecified atom stereocenters. The molecule has 35 heavy (non-hydrogen) atoms. The molecule has 6 nitrogen and oxygen atoms in total. The van der Waals surface area contributed by atoms with Crippen LogP contribution >= 0.6 is 0 Å². The van der Waals surface area contributed by atoms with E-state index >= 15 is 0 Å². The summed E-state index contributed by atoms with van der Waals surface area (Å²) >= 11 is 0. The predicted molar refractivity (Wildman–Crippen MR) is 143 cm³/mol. The van der Waals surface area contributed by atoms with E-state index in [0.717, 1.165) is 70.9 Å². The Bertz CT molecular complexity index is 696. The Hall–Kier alpha value is -1.63. The lowest BCUT2D eigenvalue weighted by Gasteiger charge is -2.38. The molecule has 1 aromatic rings. The molecule has 0 spiro atoms. The van der Waals surface area contributed by atoms with Crippen LogP contribution in [0, 0.1) is 11.8 Å². The Morgan fingerprint density at radius 1 is 1.06 bits per heavy atom. The fourth-order valence-corrected chi connectivity index (χ4v) is 5.74. The van der Waals surface area contributed by atoms with Gasteiger partial charge in [-0.1, -0.05) is 69.4 Å². The van der Waals surface area contributed by atoms with Crippen LogP contribution in [0.5, 0.6) is 0 Å². The standard InChI is InChI=1S/C29H49N3O3/c1-3-18-34-19-11-20-35-28(25-14-8-5-9-15-25)26-16-10-17-32(23-26)29(33)31-27(22-30-2)21-24-12-6-4-7-13-24/h5,8-9,14-15,24,26-28,30H,3-4,6-7,10-13,16-23H2,1-2H3,(H,31,33)/t26-,27+,28?/m1/s1. The average molecular weight is 488 g/mol. The summed E-state index contributed by atoms with van der Waals surface area (Å²) in [5.41, 5.74) is 1.21. The van der Waals surface area contributed by atoms with E-state index in [-0.39, 0.29) is 18.2 Å². The van der Waals surface area contributed by atoms with Gasteiger partial charge in [0, 0.05) is 51.4 Å². The number of urea groups is 1. The Balaban J connectivity index is 1.56. The van der Waals surface area contributed by atoms with Crippen molar-refractivity contribution in [1.82, 2.24) is 15.5 Å². The molecular weight excluding hydrogens is 438 g/mol. The summed E-state index contributed by atoms with van der Waals surface area (Å²) in [5, 5.41) is 6.67. The Morgan fingerprint density at radius 2 is 1.86 bits per heavy atom. The second kappa shape index (κ2) is 16.2. The minimum Gasteiger partial charge on any atom is -0.381 e. The second-order valence-corrected chi connectivity index (χ2v) is 10.5. The normalized spacial score (nSPS) is 21.0. The first-order valence-electron chi connectivity index (χ1n) is 14.2. The molecule has 0 bridgehead atoms. The molecule has 2 fully saturated rings. The van der Waals surface area contributed by atoms with Gasteiger partial charge in [-0.3, -0.25) is 0 Å². The number of benzene rings is 1. The third-order valence-corrected chi connectivity index (χ3v) is 7.50. The first kappa shape index (κ1) is 27.9. The summed E-state index contributed by atoms with van der Waals surface area (Å²) < 4.78 is 12.1. The maximum Gasteiger partial charge on any atom is 0.317 e. The maximum atomic E-state index is 13.3. The molecule has 1 aromatic carbocycles. The van der Waals surface area contributed by atoms with Crippen molar-refractivity contribution in [2.45, 2.75) is 83.3 Å². The lowest BCUT2D eigenvalue weighted by molar-refractivity contribution is -0.0189. The van der Waals surface area contributed by atoms with Crippen LogP contribution in [0.2, 0.25) is 0 Å². The number of hydrogen-bond donors (Lipinski definition) is 2. The smallest absolute Gasteiger partial charge is 0.317 e. The molecule has 1 saturated heterocycles. The molecule has 6 heteroatoms. The van der Waals surface area contributed by atoms with E-state index in [2.05, 4.69) is 41.8 Å². The summed E-state index contributed by atoms with van der Waals surface area (Å²) in [7, 11) is 1.98. The quantitative estimate of drug-likeness (QED) is 0.338. The van der Waals surface area contributed by atoms with Crippen LogP contribution in [0.25, 0.3) is 0 Å². The van der Waals surface area contributed by atoms with Gasteiger partial charge in [-0.05, 0) is 50.6 Å². The van der Waals surface area contributed by atoms with Crippen molar-refractivity contribution in [1.29, 1.82) is 0 Å². The van der Waals surface area contributed by atoms with E-state index in [1.165, 1.54) is 37.7 Å². The third-order valence-electron chi connectivity index (χ3n) is 7.50. The van der Waals surface area contributed by atoms with Crippen LogP contribution in [0.4, 0.5) is 4.79 Å². The zero-order chi connectivity index (χ0) is 24.7. The fraction of sp³-hybridized carbons (Fsp3) is 0.759. The molecule has 3 rings (SSSR count). The van der Waals surface area contributed by atoms with Gasteiger partial charge >= 0.3 is 6.03 Å². The van der Waals surface area contributed by atoms with Crippen molar-refractivity contribution in [3.05, 3.63) is 35.9 Å². The van der Waals surface area contributed by atoms with Crippen LogP contribution < -0.4 is 10.6 Å². The average Bonchev–Trinajstić information content (AvgIpc) is 2.89. The topological polar surface area (TPSA) is 62.8 Å². The summed E-state index contributed by atoms with van der Waals surface area (Å²) in [5.74, 6) is 1.04. The second-order valence-electron chi connectivity index (χ2n) is 10.5. The molecule has 2 amide bonds. The number of carbonyl (C=O) groups excluding carboxylic acids is 1. The first-order chi connectivity index (χ1) is 17.2. The van der Waals surface area contributed by atoms with Crippen LogP contribution in [-0.2, 0) is 9.47 Å². The van der Waals surface area contributed by atoms with Crippen LogP contribution in [0.15, 0.2) is 30.3 Å². The molecule has 3 atom stereocenters. The van der Waals surface area contributed by atoms with Gasteiger partial charge in [0.15, 0.2) is 0 Å². The number of nitrogens with one attached hydrogen (secondary N) is 2. The van der Waals surface area contributed by atoms with Gasteiger partial charge in [-0.25, -0.2) is 4.79 Å². The molecule has 1 aliphatic carbocycles. The number of piperidine rings is 1. The van der Waals surface area contributed by atoms with Gasteiger partial charge < -0.3 is 25.0 Å². The van der Waals surface area contributed by atoms with Gasteiger partial charge in [-0.15, -0.1) is 0 Å². The molecule has 1 heterocycles. The van der Waals surface area contributed by atoms with E-state index in [0.29, 0.717) is 12.5 Å². The Kier molecular flexibility index (Phi) is 12.9.